The molecule has 0 spiro atoms. The maximum absolute atomic E-state index is 11.7. The molecule has 4 heteroatoms. The molecule has 0 aliphatic heterocycles. The van der Waals surface area contributed by atoms with Gasteiger partial charge in [0.05, 0.1) is 14.2 Å². The largest absolute Gasteiger partial charge is 0.497 e. The first kappa shape index (κ1) is 14.4. The fourth-order valence-electron chi connectivity index (χ4n) is 1.56. The molecule has 18 heavy (non-hydrogen) atoms. The van der Waals surface area contributed by atoms with Crippen LogP contribution >= 0.6 is 0 Å². The Morgan fingerprint density at radius 2 is 2.06 bits per heavy atom. The van der Waals surface area contributed by atoms with Crippen LogP contribution in [0.4, 0.5) is 0 Å². The lowest BCUT2D eigenvalue weighted by Crippen LogP contribution is -2.28. The molecule has 1 atom stereocenters. The SMILES string of the molecule is CC[C@H](C)C(=O)NCc1cc(OC)ccc1OC. The number of ether oxygens (including phenoxy) is 2. The number of nitrogens with one attached hydrogen (secondary N) is 1. The number of carbonyl (C=O) groups excluding carboxylic acids is 1. The summed E-state index contributed by atoms with van der Waals surface area (Å²) in [5, 5.41) is 2.90. The van der Waals surface area contributed by atoms with Crippen molar-refractivity contribution in [3.8, 4) is 11.5 Å². The van der Waals surface area contributed by atoms with Gasteiger partial charge in [-0.15, -0.1) is 0 Å². The van der Waals surface area contributed by atoms with Gasteiger partial charge in [0.15, 0.2) is 0 Å². The molecular weight excluding hydrogens is 230 g/mol. The maximum atomic E-state index is 11.7. The molecule has 0 aromatic heterocycles. The molecule has 100 valence electrons. The van der Waals surface area contributed by atoms with E-state index in [2.05, 4.69) is 5.32 Å². The number of benzene rings is 1. The minimum Gasteiger partial charge on any atom is -0.497 e. The highest BCUT2D eigenvalue weighted by molar-refractivity contribution is 5.78. The highest BCUT2D eigenvalue weighted by Gasteiger charge is 2.11. The molecule has 0 fully saturated rings. The van der Waals surface area contributed by atoms with Crippen LogP contribution in [0.25, 0.3) is 0 Å². The van der Waals surface area contributed by atoms with Crippen LogP contribution < -0.4 is 14.8 Å². The van der Waals surface area contributed by atoms with Gasteiger partial charge in [-0.1, -0.05) is 13.8 Å². The summed E-state index contributed by atoms with van der Waals surface area (Å²) >= 11 is 0. The van der Waals surface area contributed by atoms with Gasteiger partial charge < -0.3 is 14.8 Å². The van der Waals surface area contributed by atoms with E-state index in [1.807, 2.05) is 32.0 Å². The van der Waals surface area contributed by atoms with Gasteiger partial charge in [-0.2, -0.15) is 0 Å². The van der Waals surface area contributed by atoms with E-state index < -0.39 is 0 Å². The third-order valence-corrected chi connectivity index (χ3v) is 3.00. The molecule has 0 radical (unpaired) electrons. The van der Waals surface area contributed by atoms with Crippen LogP contribution in [-0.2, 0) is 11.3 Å². The number of hydrogen-bond acceptors (Lipinski definition) is 3. The van der Waals surface area contributed by atoms with Crippen molar-refractivity contribution in [1.29, 1.82) is 0 Å². The van der Waals surface area contributed by atoms with Gasteiger partial charge in [0.25, 0.3) is 0 Å². The molecule has 4 nitrogen and oxygen atoms in total. The van der Waals surface area contributed by atoms with Crippen LogP contribution in [0.2, 0.25) is 0 Å². The molecular formula is C14H21NO3. The summed E-state index contributed by atoms with van der Waals surface area (Å²) in [6.07, 6.45) is 0.834. The lowest BCUT2D eigenvalue weighted by molar-refractivity contribution is -0.124. The lowest BCUT2D eigenvalue weighted by Gasteiger charge is -2.13. The van der Waals surface area contributed by atoms with E-state index in [0.29, 0.717) is 6.54 Å². The second-order valence-electron chi connectivity index (χ2n) is 4.20. The van der Waals surface area contributed by atoms with Gasteiger partial charge in [-0.05, 0) is 24.6 Å². The average molecular weight is 251 g/mol. The summed E-state index contributed by atoms with van der Waals surface area (Å²) in [6.45, 7) is 4.36. The molecule has 0 saturated heterocycles. The highest BCUT2D eigenvalue weighted by Crippen LogP contribution is 2.23. The fraction of sp³-hybridized carbons (Fsp3) is 0.500. The van der Waals surface area contributed by atoms with Crippen molar-refractivity contribution in [3.63, 3.8) is 0 Å². The zero-order valence-corrected chi connectivity index (χ0v) is 11.4. The lowest BCUT2D eigenvalue weighted by atomic mass is 10.1. The fourth-order valence-corrected chi connectivity index (χ4v) is 1.56. The Labute approximate surface area is 108 Å². The Hall–Kier alpha value is -1.71. The first-order valence-corrected chi connectivity index (χ1v) is 6.11. The van der Waals surface area contributed by atoms with Crippen molar-refractivity contribution in [2.75, 3.05) is 14.2 Å². The number of rotatable bonds is 6. The van der Waals surface area contributed by atoms with Crippen LogP contribution in [0, 0.1) is 5.92 Å². The number of methoxy groups -OCH3 is 2. The molecule has 1 rings (SSSR count). The van der Waals surface area contributed by atoms with Crippen molar-refractivity contribution in [3.05, 3.63) is 23.8 Å². The smallest absolute Gasteiger partial charge is 0.223 e. The first-order chi connectivity index (χ1) is 8.62. The van der Waals surface area contributed by atoms with Gasteiger partial charge in [0.1, 0.15) is 11.5 Å². The van der Waals surface area contributed by atoms with E-state index in [-0.39, 0.29) is 11.8 Å². The highest BCUT2D eigenvalue weighted by atomic mass is 16.5. The Kier molecular flexibility index (Phi) is 5.49. The monoisotopic (exact) mass is 251 g/mol. The van der Waals surface area contributed by atoms with Crippen LogP contribution in [0.15, 0.2) is 18.2 Å². The predicted molar refractivity (Wildman–Crippen MR) is 70.8 cm³/mol. The Bertz CT molecular complexity index is 404. The van der Waals surface area contributed by atoms with Crippen LogP contribution in [0.5, 0.6) is 11.5 Å². The third kappa shape index (κ3) is 3.65. The summed E-state index contributed by atoms with van der Waals surface area (Å²) in [5.41, 5.74) is 0.911. The minimum absolute atomic E-state index is 0.0293. The van der Waals surface area contributed by atoms with Gasteiger partial charge in [-0.25, -0.2) is 0 Å². The minimum atomic E-state index is 0.0293. The van der Waals surface area contributed by atoms with E-state index >= 15 is 0 Å². The second-order valence-corrected chi connectivity index (χ2v) is 4.20. The van der Waals surface area contributed by atoms with E-state index in [1.54, 1.807) is 14.2 Å². The van der Waals surface area contributed by atoms with E-state index in [1.165, 1.54) is 0 Å². The third-order valence-electron chi connectivity index (χ3n) is 3.00. The van der Waals surface area contributed by atoms with E-state index in [9.17, 15) is 4.79 Å². The number of amides is 1. The van der Waals surface area contributed by atoms with Gasteiger partial charge in [-0.3, -0.25) is 4.79 Å². The molecule has 1 aromatic carbocycles. The molecule has 0 unspecified atom stereocenters. The summed E-state index contributed by atoms with van der Waals surface area (Å²) in [6, 6.07) is 5.54. The van der Waals surface area contributed by atoms with Crippen molar-refractivity contribution in [2.24, 2.45) is 5.92 Å². The summed E-state index contributed by atoms with van der Waals surface area (Å²) in [4.78, 5) is 11.7. The Morgan fingerprint density at radius 1 is 1.33 bits per heavy atom. The van der Waals surface area contributed by atoms with Crippen molar-refractivity contribution in [1.82, 2.24) is 5.32 Å². The molecule has 0 bridgehead atoms. The van der Waals surface area contributed by atoms with Crippen molar-refractivity contribution in [2.45, 2.75) is 26.8 Å². The van der Waals surface area contributed by atoms with Crippen LogP contribution in [-0.4, -0.2) is 20.1 Å². The standard InChI is InChI=1S/C14H21NO3/c1-5-10(2)14(16)15-9-11-8-12(17-3)6-7-13(11)18-4/h6-8,10H,5,9H2,1-4H3,(H,15,16)/t10-/m0/s1. The Morgan fingerprint density at radius 3 is 2.61 bits per heavy atom. The topological polar surface area (TPSA) is 47.6 Å². The van der Waals surface area contributed by atoms with E-state index in [4.69, 9.17) is 9.47 Å². The summed E-state index contributed by atoms with van der Waals surface area (Å²) in [7, 11) is 3.23. The van der Waals surface area contributed by atoms with Gasteiger partial charge in [0, 0.05) is 18.0 Å². The van der Waals surface area contributed by atoms with Gasteiger partial charge in [0.2, 0.25) is 5.91 Å². The maximum Gasteiger partial charge on any atom is 0.223 e. The molecule has 0 heterocycles. The molecule has 0 saturated carbocycles. The van der Waals surface area contributed by atoms with Gasteiger partial charge >= 0.3 is 0 Å². The average Bonchev–Trinajstić information content (AvgIpc) is 2.43. The predicted octanol–water partition coefficient (Wildman–Crippen LogP) is 2.37. The summed E-state index contributed by atoms with van der Waals surface area (Å²) < 4.78 is 10.4. The van der Waals surface area contributed by atoms with Crippen molar-refractivity contribution >= 4 is 5.91 Å². The molecule has 1 amide bonds. The van der Waals surface area contributed by atoms with Crippen LogP contribution in [0.1, 0.15) is 25.8 Å². The summed E-state index contributed by atoms with van der Waals surface area (Å²) in [5.74, 6) is 1.59. The normalized spacial score (nSPS) is 11.8. The molecule has 0 aliphatic carbocycles. The number of hydrogen-bond donors (Lipinski definition) is 1. The van der Waals surface area contributed by atoms with E-state index in [0.717, 1.165) is 23.5 Å². The molecule has 1 aromatic rings. The zero-order valence-electron chi connectivity index (χ0n) is 11.4. The molecule has 1 N–H and O–H groups in total. The Balaban J connectivity index is 2.73. The first-order valence-electron chi connectivity index (χ1n) is 6.11. The second kappa shape index (κ2) is 6.89. The van der Waals surface area contributed by atoms with Crippen LogP contribution in [0.3, 0.4) is 0 Å². The zero-order chi connectivity index (χ0) is 13.5. The quantitative estimate of drug-likeness (QED) is 0.844. The number of carbonyl (C=O) groups is 1. The molecule has 0 aliphatic rings. The van der Waals surface area contributed by atoms with Crippen molar-refractivity contribution < 1.29 is 14.3 Å².